The van der Waals surface area contributed by atoms with Gasteiger partial charge in [-0.1, -0.05) is 46.6 Å². The normalized spacial score (nSPS) is 13.8. The first kappa shape index (κ1) is 37.1. The number of nitrogens with one attached hydrogen (secondary N) is 2. The van der Waals surface area contributed by atoms with Crippen molar-refractivity contribution < 1.29 is 29.4 Å². The molecule has 2 atom stereocenters. The maximum absolute atomic E-state index is 12.4. The fraction of sp³-hybridized carbons (Fsp3) is 0.600. The maximum atomic E-state index is 12.4. The van der Waals surface area contributed by atoms with Crippen LogP contribution in [0.25, 0.3) is 0 Å². The molecule has 0 fully saturated rings. The fourth-order valence-corrected chi connectivity index (χ4v) is 4.53. The maximum Gasteiger partial charge on any atom is 0.322 e. The lowest BCUT2D eigenvalue weighted by Crippen LogP contribution is -2.49. The lowest BCUT2D eigenvalue weighted by molar-refractivity contribution is -0.139. The summed E-state index contributed by atoms with van der Waals surface area (Å²) in [6.07, 6.45) is 15.0. The van der Waals surface area contributed by atoms with E-state index in [9.17, 15) is 19.2 Å². The summed E-state index contributed by atoms with van der Waals surface area (Å²) in [5.74, 6) is -2.65. The van der Waals surface area contributed by atoms with Gasteiger partial charge < -0.3 is 26.6 Å². The number of carbonyl (C=O) groups is 4. The molecule has 40 heavy (non-hydrogen) atoms. The molecule has 226 valence electrons. The van der Waals surface area contributed by atoms with Crippen molar-refractivity contribution in [2.75, 3.05) is 18.1 Å². The van der Waals surface area contributed by atoms with Crippen molar-refractivity contribution in [3.05, 3.63) is 46.6 Å². The van der Waals surface area contributed by atoms with E-state index >= 15 is 0 Å². The lowest BCUT2D eigenvalue weighted by Gasteiger charge is -2.18. The lowest BCUT2D eigenvalue weighted by atomic mass is 10.0. The molecule has 0 saturated carbocycles. The van der Waals surface area contributed by atoms with Crippen molar-refractivity contribution in [3.63, 3.8) is 0 Å². The minimum Gasteiger partial charge on any atom is -0.480 e. The second-order valence-electron chi connectivity index (χ2n) is 10.3. The summed E-state index contributed by atoms with van der Waals surface area (Å²) in [5.41, 5.74) is 10.8. The van der Waals surface area contributed by atoms with E-state index < -0.39 is 42.4 Å². The average molecular weight is 580 g/mol. The summed E-state index contributed by atoms with van der Waals surface area (Å²) in [5, 5.41) is 22.5. The molecule has 0 spiro atoms. The monoisotopic (exact) mass is 579 g/mol. The van der Waals surface area contributed by atoms with Gasteiger partial charge in [-0.2, -0.15) is 11.8 Å². The number of amides is 2. The molecule has 0 aromatic rings. The Kier molecular flexibility index (Phi) is 20.3. The standard InChI is InChI=1S/C30H49N3O6S/c1-21(2)9-6-10-22(3)11-7-12-23(4)13-8-14-24(5)17-18-40-20-26(29(37)32-19-28(35)36)33-27(34)16-15-25(31)30(38)39/h9,11,13,17,25-26H,6-8,10,12,14-16,18-20,31H2,1-5H3,(H,32,37)(H,33,34)(H,35,36)(H,38,39)/b22-11+,23-13+,24-17+/t25-,26-/m0/s1. The van der Waals surface area contributed by atoms with Gasteiger partial charge >= 0.3 is 11.9 Å². The smallest absolute Gasteiger partial charge is 0.322 e. The van der Waals surface area contributed by atoms with Crippen molar-refractivity contribution in [2.45, 2.75) is 98.1 Å². The van der Waals surface area contributed by atoms with E-state index in [-0.39, 0.29) is 18.6 Å². The molecule has 0 aromatic carbocycles. The number of nitrogens with two attached hydrogens (primary N) is 1. The Morgan fingerprint density at radius 1 is 0.800 bits per heavy atom. The van der Waals surface area contributed by atoms with Crippen molar-refractivity contribution in [2.24, 2.45) is 5.73 Å². The summed E-state index contributed by atoms with van der Waals surface area (Å²) in [4.78, 5) is 46.2. The Morgan fingerprint density at radius 3 is 1.82 bits per heavy atom. The van der Waals surface area contributed by atoms with Crippen molar-refractivity contribution >= 4 is 35.5 Å². The summed E-state index contributed by atoms with van der Waals surface area (Å²) in [6, 6.07) is -2.11. The molecule has 0 radical (unpaired) electrons. The van der Waals surface area contributed by atoms with E-state index in [4.69, 9.17) is 15.9 Å². The highest BCUT2D eigenvalue weighted by molar-refractivity contribution is 7.99. The van der Waals surface area contributed by atoms with Gasteiger partial charge in [0.15, 0.2) is 0 Å². The number of hydrogen-bond donors (Lipinski definition) is 5. The van der Waals surface area contributed by atoms with E-state index in [0.29, 0.717) is 5.75 Å². The molecule has 6 N–H and O–H groups in total. The topological polar surface area (TPSA) is 159 Å². The van der Waals surface area contributed by atoms with Gasteiger partial charge in [-0.05, 0) is 79.6 Å². The van der Waals surface area contributed by atoms with Crippen LogP contribution in [0.3, 0.4) is 0 Å². The third kappa shape index (κ3) is 21.0. The van der Waals surface area contributed by atoms with Crippen LogP contribution in [0.5, 0.6) is 0 Å². The molecule has 0 bridgehead atoms. The van der Waals surface area contributed by atoms with E-state index in [1.807, 2.05) is 0 Å². The minimum absolute atomic E-state index is 0.0689. The highest BCUT2D eigenvalue weighted by Crippen LogP contribution is 2.14. The second-order valence-corrected chi connectivity index (χ2v) is 11.4. The van der Waals surface area contributed by atoms with E-state index in [1.165, 1.54) is 34.1 Å². The van der Waals surface area contributed by atoms with Crippen molar-refractivity contribution in [1.29, 1.82) is 0 Å². The first-order valence-corrected chi connectivity index (χ1v) is 14.9. The van der Waals surface area contributed by atoms with Crippen molar-refractivity contribution in [1.82, 2.24) is 10.6 Å². The molecule has 9 nitrogen and oxygen atoms in total. The summed E-state index contributed by atoms with van der Waals surface area (Å²) in [6.45, 7) is 10.1. The van der Waals surface area contributed by atoms with Crippen LogP contribution in [-0.4, -0.2) is 64.1 Å². The molecular formula is C30H49N3O6S. The van der Waals surface area contributed by atoms with Gasteiger partial charge in [-0.15, -0.1) is 0 Å². The zero-order chi connectivity index (χ0) is 30.5. The summed E-state index contributed by atoms with van der Waals surface area (Å²) >= 11 is 1.44. The molecular weight excluding hydrogens is 530 g/mol. The first-order valence-electron chi connectivity index (χ1n) is 13.8. The van der Waals surface area contributed by atoms with Gasteiger partial charge in [-0.25, -0.2) is 0 Å². The van der Waals surface area contributed by atoms with Crippen LogP contribution in [0.15, 0.2) is 46.6 Å². The number of allylic oxidation sites excluding steroid dienone is 7. The zero-order valence-corrected chi connectivity index (χ0v) is 25.6. The molecule has 0 aliphatic heterocycles. The fourth-order valence-electron chi connectivity index (χ4n) is 3.52. The largest absolute Gasteiger partial charge is 0.480 e. The predicted octanol–water partition coefficient (Wildman–Crippen LogP) is 4.74. The molecule has 0 rings (SSSR count). The Hall–Kier alpha value is -2.85. The quantitative estimate of drug-likeness (QED) is 0.0963. The Morgan fingerprint density at radius 2 is 1.32 bits per heavy atom. The second kappa shape index (κ2) is 21.9. The van der Waals surface area contributed by atoms with Gasteiger partial charge in [0.1, 0.15) is 18.6 Å². The molecule has 0 aromatic heterocycles. The third-order valence-electron chi connectivity index (χ3n) is 6.05. The Balaban J connectivity index is 4.61. The van der Waals surface area contributed by atoms with Gasteiger partial charge in [0.2, 0.25) is 11.8 Å². The Labute approximate surface area is 243 Å². The third-order valence-corrected chi connectivity index (χ3v) is 7.02. The van der Waals surface area contributed by atoms with Gasteiger partial charge in [0.25, 0.3) is 0 Å². The molecule has 0 saturated heterocycles. The van der Waals surface area contributed by atoms with E-state index in [2.05, 4.69) is 69.6 Å². The number of carbonyl (C=O) groups excluding carboxylic acids is 2. The average Bonchev–Trinajstić information content (AvgIpc) is 2.87. The summed E-state index contributed by atoms with van der Waals surface area (Å²) < 4.78 is 0. The number of hydrogen-bond acceptors (Lipinski definition) is 6. The van der Waals surface area contributed by atoms with Crippen LogP contribution in [0.2, 0.25) is 0 Å². The highest BCUT2D eigenvalue weighted by atomic mass is 32.2. The number of rotatable bonds is 21. The van der Waals surface area contributed by atoms with E-state index in [1.54, 1.807) is 0 Å². The molecule has 0 heterocycles. The van der Waals surface area contributed by atoms with Crippen LogP contribution < -0.4 is 16.4 Å². The van der Waals surface area contributed by atoms with Gasteiger partial charge in [0.05, 0.1) is 0 Å². The van der Waals surface area contributed by atoms with Gasteiger partial charge in [-0.3, -0.25) is 19.2 Å². The van der Waals surface area contributed by atoms with Crippen LogP contribution in [0, 0.1) is 0 Å². The number of carboxylic acids is 2. The van der Waals surface area contributed by atoms with Crippen LogP contribution >= 0.6 is 11.8 Å². The number of thioether (sulfide) groups is 1. The molecule has 0 aliphatic carbocycles. The SMILES string of the molecule is CC(C)=CCC/C(C)=C/CC/C(C)=C/CC/C(C)=C/CSC[C@H](NC(=O)CC[C@H](N)C(=O)O)C(=O)NCC(=O)O. The highest BCUT2D eigenvalue weighted by Gasteiger charge is 2.22. The zero-order valence-electron chi connectivity index (χ0n) is 24.8. The number of carboxylic acid groups (broad SMARTS) is 2. The Bertz CT molecular complexity index is 951. The molecule has 0 unspecified atom stereocenters. The van der Waals surface area contributed by atoms with E-state index in [0.717, 1.165) is 38.5 Å². The van der Waals surface area contributed by atoms with Crippen LogP contribution in [-0.2, 0) is 19.2 Å². The molecule has 10 heteroatoms. The number of aliphatic carboxylic acids is 2. The molecule has 0 aliphatic rings. The van der Waals surface area contributed by atoms with Crippen LogP contribution in [0.4, 0.5) is 0 Å². The molecule has 2 amide bonds. The first-order chi connectivity index (χ1) is 18.8. The summed E-state index contributed by atoms with van der Waals surface area (Å²) in [7, 11) is 0. The van der Waals surface area contributed by atoms with Gasteiger partial charge in [0, 0.05) is 17.9 Å². The predicted molar refractivity (Wildman–Crippen MR) is 163 cm³/mol. The van der Waals surface area contributed by atoms with Crippen LogP contribution in [0.1, 0.15) is 86.0 Å². The minimum atomic E-state index is -1.21. The van der Waals surface area contributed by atoms with Crippen molar-refractivity contribution in [3.8, 4) is 0 Å².